The van der Waals surface area contributed by atoms with E-state index in [1.54, 1.807) is 0 Å². The molecule has 0 heterocycles. The van der Waals surface area contributed by atoms with E-state index in [4.69, 9.17) is 18.9 Å². The maximum Gasteiger partial charge on any atom is 0.330 e. The summed E-state index contributed by atoms with van der Waals surface area (Å²) < 4.78 is 19.7. The van der Waals surface area contributed by atoms with Crippen LogP contribution in [0.2, 0.25) is 0 Å². The van der Waals surface area contributed by atoms with Crippen LogP contribution in [0.4, 0.5) is 0 Å². The third kappa shape index (κ3) is 58.1. The number of carbonyl (C=O) groups is 4. The predicted molar refractivity (Wildman–Crippen MR) is 284 cm³/mol. The standard InChI is InChI=1S/C21H40O2.C15H28O2.C12H22O2.C11H12O2/c1-3-5-6-7-8-9-10-11-12-13-14-15-16-17-18-19-20-23-21(22)4-2;1-3-5-6-7-8-9-10-11-12-13-14-17-15(16)4-2;1-3-5-6-7-8-9-10-11-14-12(13)4-2;1-3-11(12)13-9(2)10-7-5-4-6-8-10/h4H,2-3,5-20H2,1H3;4H,2-3,5-14H2,1H3;4H,2-3,5-11H2,1H3;3-9H,1H2,2H3. The molecule has 0 saturated heterocycles. The number of esters is 4. The lowest BCUT2D eigenvalue weighted by Crippen LogP contribution is -2.05. The number of unbranched alkanes of at least 4 members (excludes halogenated alkanes) is 30. The Morgan fingerprint density at radius 3 is 0.821 bits per heavy atom. The van der Waals surface area contributed by atoms with Crippen molar-refractivity contribution < 1.29 is 38.1 Å². The highest BCUT2D eigenvalue weighted by molar-refractivity contribution is 5.82. The topological polar surface area (TPSA) is 105 Å². The Labute approximate surface area is 412 Å². The molecule has 0 aliphatic carbocycles. The number of hydrogen-bond donors (Lipinski definition) is 0. The second-order valence-corrected chi connectivity index (χ2v) is 17.4. The van der Waals surface area contributed by atoms with Gasteiger partial charge >= 0.3 is 23.9 Å². The van der Waals surface area contributed by atoms with Crippen LogP contribution < -0.4 is 0 Å². The van der Waals surface area contributed by atoms with Crippen LogP contribution in [0.25, 0.3) is 0 Å². The van der Waals surface area contributed by atoms with Crippen LogP contribution in [0.1, 0.15) is 251 Å². The molecule has 0 amide bonds. The van der Waals surface area contributed by atoms with Crippen LogP contribution in [0, 0.1) is 0 Å². The largest absolute Gasteiger partial charge is 0.463 e. The summed E-state index contributed by atoms with van der Waals surface area (Å²) in [6, 6.07) is 9.58. The minimum atomic E-state index is -0.392. The fourth-order valence-electron chi connectivity index (χ4n) is 7.01. The second-order valence-electron chi connectivity index (χ2n) is 17.4. The van der Waals surface area contributed by atoms with Crippen LogP contribution in [0.3, 0.4) is 0 Å². The molecule has 386 valence electrons. The highest BCUT2D eigenvalue weighted by atomic mass is 16.5. The van der Waals surface area contributed by atoms with E-state index >= 15 is 0 Å². The molecule has 0 saturated carbocycles. The van der Waals surface area contributed by atoms with Gasteiger partial charge in [0.25, 0.3) is 0 Å². The van der Waals surface area contributed by atoms with E-state index in [0.717, 1.165) is 31.2 Å². The summed E-state index contributed by atoms with van der Waals surface area (Å²) in [5, 5.41) is 0. The number of hydrogen-bond acceptors (Lipinski definition) is 8. The molecule has 8 nitrogen and oxygen atoms in total. The third-order valence-electron chi connectivity index (χ3n) is 11.2. The van der Waals surface area contributed by atoms with E-state index in [1.165, 1.54) is 211 Å². The molecular formula is C59H102O8. The molecule has 1 aromatic carbocycles. The van der Waals surface area contributed by atoms with Gasteiger partial charge in [-0.05, 0) is 31.7 Å². The van der Waals surface area contributed by atoms with E-state index in [1.807, 2.05) is 37.3 Å². The third-order valence-corrected chi connectivity index (χ3v) is 11.2. The van der Waals surface area contributed by atoms with Crippen molar-refractivity contribution >= 4 is 23.9 Å². The molecule has 0 N–H and O–H groups in total. The van der Waals surface area contributed by atoms with Crippen molar-refractivity contribution in [3.63, 3.8) is 0 Å². The quantitative estimate of drug-likeness (QED) is 0.0276. The van der Waals surface area contributed by atoms with Gasteiger partial charge in [-0.15, -0.1) is 0 Å². The van der Waals surface area contributed by atoms with Crippen LogP contribution in [-0.4, -0.2) is 43.7 Å². The first-order valence-corrected chi connectivity index (χ1v) is 26.9. The highest BCUT2D eigenvalue weighted by Gasteiger charge is 2.07. The van der Waals surface area contributed by atoms with Gasteiger partial charge in [-0.1, -0.05) is 270 Å². The van der Waals surface area contributed by atoms with Gasteiger partial charge in [0.05, 0.1) is 19.8 Å². The molecule has 0 radical (unpaired) electrons. The van der Waals surface area contributed by atoms with Gasteiger partial charge in [-0.3, -0.25) is 0 Å². The molecule has 0 aliphatic rings. The zero-order valence-corrected chi connectivity index (χ0v) is 43.8. The SMILES string of the molecule is C=CC(=O)OC(C)c1ccccc1.C=CC(=O)OCCCCCCCCC.C=CC(=O)OCCCCCCCCCCCC.C=CC(=O)OCCCCCCCCCCCCCCCCCC. The molecule has 0 fully saturated rings. The summed E-state index contributed by atoms with van der Waals surface area (Å²) in [5.41, 5.74) is 0.984. The van der Waals surface area contributed by atoms with Crippen molar-refractivity contribution in [2.45, 2.75) is 246 Å². The normalized spacial score (nSPS) is 10.6. The van der Waals surface area contributed by atoms with E-state index in [0.29, 0.717) is 19.8 Å². The molecular weight excluding hydrogens is 837 g/mol. The first-order chi connectivity index (χ1) is 32.7. The monoisotopic (exact) mass is 939 g/mol. The minimum Gasteiger partial charge on any atom is -0.463 e. The molecule has 0 spiro atoms. The summed E-state index contributed by atoms with van der Waals surface area (Å²) in [6.45, 7) is 23.6. The summed E-state index contributed by atoms with van der Waals surface area (Å²) in [4.78, 5) is 43.1. The molecule has 1 rings (SSSR count). The summed E-state index contributed by atoms with van der Waals surface area (Å²) in [7, 11) is 0. The second kappa shape index (κ2) is 58.2. The van der Waals surface area contributed by atoms with Crippen molar-refractivity contribution in [2.75, 3.05) is 19.8 Å². The zero-order chi connectivity index (χ0) is 50.1. The van der Waals surface area contributed by atoms with E-state index in [9.17, 15) is 19.2 Å². The van der Waals surface area contributed by atoms with E-state index in [-0.39, 0.29) is 24.0 Å². The molecule has 8 heteroatoms. The van der Waals surface area contributed by atoms with Crippen molar-refractivity contribution in [3.8, 4) is 0 Å². The lowest BCUT2D eigenvalue weighted by atomic mass is 10.0. The highest BCUT2D eigenvalue weighted by Crippen LogP contribution is 2.17. The van der Waals surface area contributed by atoms with Gasteiger partial charge in [0, 0.05) is 24.3 Å². The first-order valence-electron chi connectivity index (χ1n) is 26.9. The molecule has 1 atom stereocenters. The van der Waals surface area contributed by atoms with Crippen LogP contribution in [0.15, 0.2) is 81.0 Å². The lowest BCUT2D eigenvalue weighted by molar-refractivity contribution is -0.142. The molecule has 0 aromatic heterocycles. The van der Waals surface area contributed by atoms with Gasteiger partial charge in [0.1, 0.15) is 6.10 Å². The van der Waals surface area contributed by atoms with Gasteiger partial charge in [0.15, 0.2) is 0 Å². The van der Waals surface area contributed by atoms with Crippen molar-refractivity contribution in [2.24, 2.45) is 0 Å². The van der Waals surface area contributed by atoms with Gasteiger partial charge in [0.2, 0.25) is 0 Å². The fourth-order valence-corrected chi connectivity index (χ4v) is 7.01. The number of rotatable bonds is 42. The molecule has 1 aromatic rings. The maximum absolute atomic E-state index is 10.9. The minimum absolute atomic E-state index is 0.216. The zero-order valence-electron chi connectivity index (χ0n) is 43.8. The number of ether oxygens (including phenoxy) is 4. The first kappa shape index (κ1) is 67.3. The van der Waals surface area contributed by atoms with Gasteiger partial charge in [-0.2, -0.15) is 0 Å². The Hall–Kier alpha value is -3.94. The van der Waals surface area contributed by atoms with Crippen LogP contribution >= 0.6 is 0 Å². The Kier molecular flexibility index (Phi) is 58.5. The predicted octanol–water partition coefficient (Wildman–Crippen LogP) is 17.6. The van der Waals surface area contributed by atoms with E-state index < -0.39 is 5.97 Å². The van der Waals surface area contributed by atoms with Crippen LogP contribution in [0.5, 0.6) is 0 Å². The number of benzene rings is 1. The van der Waals surface area contributed by atoms with Crippen molar-refractivity contribution in [1.82, 2.24) is 0 Å². The Bertz CT molecular complexity index is 1280. The maximum atomic E-state index is 10.9. The van der Waals surface area contributed by atoms with E-state index in [2.05, 4.69) is 47.1 Å². The molecule has 0 bridgehead atoms. The summed E-state index contributed by atoms with van der Waals surface area (Å²) in [5.74, 6) is -1.31. The molecule has 0 aliphatic heterocycles. The van der Waals surface area contributed by atoms with Gasteiger partial charge < -0.3 is 18.9 Å². The molecule has 1 unspecified atom stereocenters. The summed E-state index contributed by atoms with van der Waals surface area (Å²) >= 11 is 0. The Morgan fingerprint density at radius 1 is 0.373 bits per heavy atom. The van der Waals surface area contributed by atoms with Gasteiger partial charge in [-0.25, -0.2) is 19.2 Å². The van der Waals surface area contributed by atoms with Crippen molar-refractivity contribution in [3.05, 3.63) is 86.5 Å². The summed E-state index contributed by atoms with van der Waals surface area (Å²) in [6.07, 6.45) is 48.0. The average molecular weight is 939 g/mol. The lowest BCUT2D eigenvalue weighted by Gasteiger charge is -2.11. The Morgan fingerprint density at radius 2 is 0.597 bits per heavy atom. The Balaban J connectivity index is -0.000000836. The van der Waals surface area contributed by atoms with Crippen LogP contribution in [-0.2, 0) is 38.1 Å². The molecule has 67 heavy (non-hydrogen) atoms. The fraction of sp³-hybridized carbons (Fsp3) is 0.695. The smallest absolute Gasteiger partial charge is 0.330 e. The average Bonchev–Trinajstić information content (AvgIpc) is 3.35. The number of carbonyl (C=O) groups excluding carboxylic acids is 4. The van der Waals surface area contributed by atoms with Crippen molar-refractivity contribution in [1.29, 1.82) is 0 Å².